The Morgan fingerprint density at radius 1 is 1.10 bits per heavy atom. The molecule has 0 aliphatic carbocycles. The van der Waals surface area contributed by atoms with Gasteiger partial charge in [-0.15, -0.1) is 0 Å². The van der Waals surface area contributed by atoms with Crippen molar-refractivity contribution in [3.8, 4) is 11.4 Å². The SMILES string of the molecule is CC.CCN(CCn1ccc(-c2ccc(F)cn2)n1)C(=O)c1cc(C)ccc1C. The monoisotopic (exact) mass is 396 g/mol. The zero-order valence-corrected chi connectivity index (χ0v) is 17.8. The van der Waals surface area contributed by atoms with Crippen LogP contribution in [0.1, 0.15) is 42.3 Å². The van der Waals surface area contributed by atoms with Gasteiger partial charge in [-0.05, 0) is 50.6 Å². The number of halogens is 1. The van der Waals surface area contributed by atoms with E-state index in [1.54, 1.807) is 10.7 Å². The topological polar surface area (TPSA) is 51.0 Å². The Bertz CT molecular complexity index is 934. The van der Waals surface area contributed by atoms with Crippen molar-refractivity contribution in [1.29, 1.82) is 0 Å². The molecule has 0 aliphatic rings. The van der Waals surface area contributed by atoms with Crippen molar-refractivity contribution in [1.82, 2.24) is 19.7 Å². The first kappa shape index (κ1) is 22.3. The summed E-state index contributed by atoms with van der Waals surface area (Å²) in [6.45, 7) is 11.7. The first-order valence-corrected chi connectivity index (χ1v) is 10.00. The van der Waals surface area contributed by atoms with Crippen molar-refractivity contribution in [2.24, 2.45) is 0 Å². The maximum atomic E-state index is 13.0. The zero-order chi connectivity index (χ0) is 21.4. The molecule has 0 saturated carbocycles. The predicted molar refractivity (Wildman–Crippen MR) is 114 cm³/mol. The summed E-state index contributed by atoms with van der Waals surface area (Å²) in [4.78, 5) is 18.7. The van der Waals surface area contributed by atoms with Gasteiger partial charge in [0.15, 0.2) is 0 Å². The predicted octanol–water partition coefficient (Wildman–Crippen LogP) is 4.89. The Kier molecular flexibility index (Phi) is 8.07. The molecule has 0 spiro atoms. The van der Waals surface area contributed by atoms with E-state index in [2.05, 4.69) is 10.1 Å². The Morgan fingerprint density at radius 3 is 2.52 bits per heavy atom. The molecular formula is C23H29FN4O. The fourth-order valence-corrected chi connectivity index (χ4v) is 2.91. The number of aryl methyl sites for hydroxylation is 2. The van der Waals surface area contributed by atoms with E-state index in [4.69, 9.17) is 0 Å². The smallest absolute Gasteiger partial charge is 0.254 e. The van der Waals surface area contributed by atoms with Crippen LogP contribution >= 0.6 is 0 Å². The second-order valence-electron chi connectivity index (χ2n) is 6.53. The van der Waals surface area contributed by atoms with Gasteiger partial charge < -0.3 is 4.90 Å². The molecule has 6 heteroatoms. The molecule has 0 radical (unpaired) electrons. The lowest BCUT2D eigenvalue weighted by atomic mass is 10.0. The lowest BCUT2D eigenvalue weighted by molar-refractivity contribution is 0.0756. The molecule has 154 valence electrons. The molecule has 0 aliphatic heterocycles. The van der Waals surface area contributed by atoms with Crippen LogP contribution in [0, 0.1) is 19.7 Å². The van der Waals surface area contributed by atoms with Crippen molar-refractivity contribution < 1.29 is 9.18 Å². The quantitative estimate of drug-likeness (QED) is 0.596. The third kappa shape index (κ3) is 5.73. The van der Waals surface area contributed by atoms with Crippen LogP contribution in [0.2, 0.25) is 0 Å². The van der Waals surface area contributed by atoms with Gasteiger partial charge in [-0.3, -0.25) is 14.5 Å². The fourth-order valence-electron chi connectivity index (χ4n) is 2.91. The van der Waals surface area contributed by atoms with Gasteiger partial charge in [0.25, 0.3) is 5.91 Å². The first-order chi connectivity index (χ1) is 14.0. The van der Waals surface area contributed by atoms with E-state index in [1.165, 1.54) is 12.3 Å². The summed E-state index contributed by atoms with van der Waals surface area (Å²) in [6, 6.07) is 10.7. The molecule has 0 fully saturated rings. The second kappa shape index (κ2) is 10.5. The van der Waals surface area contributed by atoms with Crippen LogP contribution in [0.15, 0.2) is 48.8 Å². The number of pyridine rings is 1. The molecule has 3 rings (SSSR count). The Balaban J connectivity index is 0.00000145. The Labute approximate surface area is 172 Å². The lowest BCUT2D eigenvalue weighted by Gasteiger charge is -2.22. The van der Waals surface area contributed by atoms with Gasteiger partial charge >= 0.3 is 0 Å². The van der Waals surface area contributed by atoms with E-state index in [0.29, 0.717) is 31.0 Å². The van der Waals surface area contributed by atoms with Crippen LogP contribution in [0.25, 0.3) is 11.4 Å². The molecule has 0 bridgehead atoms. The third-order valence-electron chi connectivity index (χ3n) is 4.52. The van der Waals surface area contributed by atoms with E-state index in [-0.39, 0.29) is 11.7 Å². The van der Waals surface area contributed by atoms with Crippen molar-refractivity contribution in [2.75, 3.05) is 13.1 Å². The third-order valence-corrected chi connectivity index (χ3v) is 4.52. The minimum atomic E-state index is -0.373. The van der Waals surface area contributed by atoms with Crippen LogP contribution in [0.3, 0.4) is 0 Å². The van der Waals surface area contributed by atoms with E-state index in [1.807, 2.05) is 70.0 Å². The van der Waals surface area contributed by atoms with Gasteiger partial charge in [0.2, 0.25) is 0 Å². The molecule has 0 atom stereocenters. The van der Waals surface area contributed by atoms with Crippen molar-refractivity contribution >= 4 is 5.91 Å². The molecule has 1 amide bonds. The van der Waals surface area contributed by atoms with Crippen LogP contribution in [0.4, 0.5) is 4.39 Å². The summed E-state index contributed by atoms with van der Waals surface area (Å²) in [5.74, 6) is -0.340. The number of hydrogen-bond acceptors (Lipinski definition) is 3. The largest absolute Gasteiger partial charge is 0.337 e. The molecule has 29 heavy (non-hydrogen) atoms. The van der Waals surface area contributed by atoms with Crippen molar-refractivity contribution in [3.05, 3.63) is 71.3 Å². The fraction of sp³-hybridized carbons (Fsp3) is 0.348. The first-order valence-electron chi connectivity index (χ1n) is 10.00. The highest BCUT2D eigenvalue weighted by molar-refractivity contribution is 5.95. The average Bonchev–Trinajstić information content (AvgIpc) is 3.21. The number of likely N-dealkylation sites (N-methyl/N-ethyl adjacent to an activating group) is 1. The molecule has 1 aromatic carbocycles. The number of carbonyl (C=O) groups excluding carboxylic acids is 1. The number of aromatic nitrogens is 3. The van der Waals surface area contributed by atoms with Gasteiger partial charge in [0.05, 0.1) is 18.4 Å². The summed E-state index contributed by atoms with van der Waals surface area (Å²) in [7, 11) is 0. The summed E-state index contributed by atoms with van der Waals surface area (Å²) in [5, 5.41) is 4.47. The summed E-state index contributed by atoms with van der Waals surface area (Å²) in [6.07, 6.45) is 3.02. The molecule has 2 heterocycles. The van der Waals surface area contributed by atoms with E-state index < -0.39 is 0 Å². The van der Waals surface area contributed by atoms with Gasteiger partial charge in [0, 0.05) is 24.8 Å². The van der Waals surface area contributed by atoms with Crippen LogP contribution in [-0.4, -0.2) is 38.7 Å². The van der Waals surface area contributed by atoms with E-state index >= 15 is 0 Å². The standard InChI is InChI=1S/C21H23FN4O.C2H6/c1-4-25(21(27)18-13-15(2)5-6-16(18)3)11-12-26-10-9-20(24-26)19-8-7-17(22)14-23-19;1-2/h5-10,13-14H,4,11-12H2,1-3H3;1-2H3. The highest BCUT2D eigenvalue weighted by Crippen LogP contribution is 2.15. The summed E-state index contributed by atoms with van der Waals surface area (Å²) < 4.78 is 14.8. The van der Waals surface area contributed by atoms with Crippen LogP contribution in [0.5, 0.6) is 0 Å². The number of nitrogens with zero attached hydrogens (tertiary/aromatic N) is 4. The number of carbonyl (C=O) groups is 1. The van der Waals surface area contributed by atoms with Gasteiger partial charge in [-0.1, -0.05) is 31.5 Å². The molecule has 0 unspecified atom stereocenters. The summed E-state index contributed by atoms with van der Waals surface area (Å²) in [5.41, 5.74) is 4.10. The zero-order valence-electron chi connectivity index (χ0n) is 17.8. The highest BCUT2D eigenvalue weighted by atomic mass is 19.1. The molecule has 3 aromatic rings. The lowest BCUT2D eigenvalue weighted by Crippen LogP contribution is -2.34. The minimum Gasteiger partial charge on any atom is -0.337 e. The second-order valence-corrected chi connectivity index (χ2v) is 6.53. The van der Waals surface area contributed by atoms with Crippen molar-refractivity contribution in [2.45, 2.75) is 41.2 Å². The normalized spacial score (nSPS) is 10.3. The Morgan fingerprint density at radius 2 is 1.86 bits per heavy atom. The van der Waals surface area contributed by atoms with E-state index in [0.717, 1.165) is 16.7 Å². The van der Waals surface area contributed by atoms with Crippen LogP contribution in [-0.2, 0) is 6.54 Å². The average molecular weight is 397 g/mol. The maximum absolute atomic E-state index is 13.0. The molecular weight excluding hydrogens is 367 g/mol. The van der Waals surface area contributed by atoms with Crippen molar-refractivity contribution in [3.63, 3.8) is 0 Å². The molecule has 2 aromatic heterocycles. The minimum absolute atomic E-state index is 0.0336. The molecule has 0 N–H and O–H groups in total. The van der Waals surface area contributed by atoms with Crippen LogP contribution < -0.4 is 0 Å². The Hall–Kier alpha value is -3.02. The number of amides is 1. The highest BCUT2D eigenvalue weighted by Gasteiger charge is 2.16. The maximum Gasteiger partial charge on any atom is 0.254 e. The van der Waals surface area contributed by atoms with Gasteiger partial charge in [-0.2, -0.15) is 5.10 Å². The van der Waals surface area contributed by atoms with Gasteiger partial charge in [0.1, 0.15) is 11.5 Å². The number of rotatable bonds is 6. The number of benzene rings is 1. The number of hydrogen-bond donors (Lipinski definition) is 0. The molecule has 0 saturated heterocycles. The van der Waals surface area contributed by atoms with E-state index in [9.17, 15) is 9.18 Å². The van der Waals surface area contributed by atoms with Gasteiger partial charge in [-0.25, -0.2) is 4.39 Å². The molecule has 5 nitrogen and oxygen atoms in total. The summed E-state index contributed by atoms with van der Waals surface area (Å²) >= 11 is 0.